The van der Waals surface area contributed by atoms with E-state index in [0.29, 0.717) is 26.4 Å². The molecule has 0 amide bonds. The summed E-state index contributed by atoms with van der Waals surface area (Å²) in [6.07, 6.45) is 3.64. The average Bonchev–Trinajstić information content (AvgIpc) is 2.48. The minimum absolute atomic E-state index is 0.00849. The summed E-state index contributed by atoms with van der Waals surface area (Å²) >= 11 is 0. The van der Waals surface area contributed by atoms with Crippen LogP contribution in [0, 0.1) is 0 Å². The third-order valence-corrected chi connectivity index (χ3v) is 7.37. The summed E-state index contributed by atoms with van der Waals surface area (Å²) in [7, 11) is -2.39. The maximum absolute atomic E-state index is 5.65. The molecule has 0 bridgehead atoms. The van der Waals surface area contributed by atoms with Crippen molar-refractivity contribution in [2.45, 2.75) is 52.1 Å². The van der Waals surface area contributed by atoms with Crippen LogP contribution in [0.2, 0.25) is 12.1 Å². The predicted molar refractivity (Wildman–Crippen MR) is 87.6 cm³/mol. The lowest BCUT2D eigenvalue weighted by Crippen LogP contribution is -2.46. The largest absolute Gasteiger partial charge is 0.500 e. The van der Waals surface area contributed by atoms with E-state index in [1.807, 2.05) is 20.8 Å². The van der Waals surface area contributed by atoms with Crippen LogP contribution in [0.25, 0.3) is 0 Å². The van der Waals surface area contributed by atoms with Crippen molar-refractivity contribution in [3.05, 3.63) is 0 Å². The fourth-order valence-corrected chi connectivity index (χ4v) is 5.82. The van der Waals surface area contributed by atoms with Gasteiger partial charge in [-0.3, -0.25) is 0 Å². The fraction of sp³-hybridized carbons (Fsp3) is 1.00. The molecule has 5 nitrogen and oxygen atoms in total. The fourth-order valence-electron chi connectivity index (χ4n) is 2.01. The maximum atomic E-state index is 5.65. The molecule has 0 saturated carbocycles. The Labute approximate surface area is 127 Å². The van der Waals surface area contributed by atoms with Crippen molar-refractivity contribution in [3.63, 3.8) is 0 Å². The van der Waals surface area contributed by atoms with Gasteiger partial charge in [-0.25, -0.2) is 0 Å². The van der Waals surface area contributed by atoms with Crippen LogP contribution in [-0.2, 0) is 17.7 Å². The van der Waals surface area contributed by atoms with Gasteiger partial charge < -0.3 is 23.4 Å². The maximum Gasteiger partial charge on any atom is 0.500 e. The monoisotopic (exact) mass is 323 g/mol. The number of hydrogen-bond acceptors (Lipinski definition) is 5. The van der Waals surface area contributed by atoms with E-state index in [1.54, 1.807) is 0 Å². The highest BCUT2D eigenvalue weighted by atomic mass is 28.4. The van der Waals surface area contributed by atoms with Gasteiger partial charge in [-0.05, 0) is 46.2 Å². The quantitative estimate of drug-likeness (QED) is 0.654. The summed E-state index contributed by atoms with van der Waals surface area (Å²) in [5.41, 5.74) is 5.48. The van der Waals surface area contributed by atoms with E-state index < -0.39 is 8.80 Å². The normalized spacial score (nSPS) is 16.8. The standard InChI is InChI=1S/C9H23NO3Si.C4H10OSi/c1-4-11-14(12-5-2,13-6-3)9-7-8-10;1-2-4-6-5-3-1/h4-10H2,1-3H3;1-4,6H2. The molecule has 1 aliphatic heterocycles. The van der Waals surface area contributed by atoms with Crippen molar-refractivity contribution in [1.29, 1.82) is 0 Å². The second kappa shape index (κ2) is 14.2. The summed E-state index contributed by atoms with van der Waals surface area (Å²) in [4.78, 5) is 0. The number of nitrogens with two attached hydrogens (primary N) is 1. The zero-order chi connectivity index (χ0) is 15.1. The molecular weight excluding hydrogens is 290 g/mol. The Balaban J connectivity index is 0.000000493. The summed E-state index contributed by atoms with van der Waals surface area (Å²) < 4.78 is 22.2. The lowest BCUT2D eigenvalue weighted by atomic mass is 10.4. The molecule has 0 radical (unpaired) electrons. The van der Waals surface area contributed by atoms with E-state index in [2.05, 4.69) is 0 Å². The Morgan fingerprint density at radius 3 is 1.90 bits per heavy atom. The highest BCUT2D eigenvalue weighted by molar-refractivity contribution is 6.60. The first-order valence-corrected chi connectivity index (χ1v) is 11.4. The Hall–Kier alpha value is 0.234. The predicted octanol–water partition coefficient (Wildman–Crippen LogP) is 1.68. The summed E-state index contributed by atoms with van der Waals surface area (Å²) in [5.74, 6) is 0. The molecule has 122 valence electrons. The lowest BCUT2D eigenvalue weighted by molar-refractivity contribution is 0.0710. The third-order valence-electron chi connectivity index (χ3n) is 2.86. The summed E-state index contributed by atoms with van der Waals surface area (Å²) in [5, 5.41) is 0. The van der Waals surface area contributed by atoms with E-state index in [9.17, 15) is 0 Å². The molecule has 7 heteroatoms. The van der Waals surface area contributed by atoms with Gasteiger partial charge in [-0.2, -0.15) is 0 Å². The van der Waals surface area contributed by atoms with Crippen molar-refractivity contribution in [2.75, 3.05) is 33.0 Å². The van der Waals surface area contributed by atoms with E-state index in [-0.39, 0.29) is 9.76 Å². The smallest absolute Gasteiger partial charge is 0.424 e. The van der Waals surface area contributed by atoms with Crippen molar-refractivity contribution in [1.82, 2.24) is 0 Å². The van der Waals surface area contributed by atoms with Gasteiger partial charge in [0.25, 0.3) is 0 Å². The van der Waals surface area contributed by atoms with E-state index in [0.717, 1.165) is 19.1 Å². The minimum atomic E-state index is -2.40. The topological polar surface area (TPSA) is 62.9 Å². The summed E-state index contributed by atoms with van der Waals surface area (Å²) in [6.45, 7) is 9.51. The third kappa shape index (κ3) is 10.0. The van der Waals surface area contributed by atoms with Gasteiger partial charge in [0.05, 0.1) is 0 Å². The highest BCUT2D eigenvalue weighted by Gasteiger charge is 2.39. The van der Waals surface area contributed by atoms with Crippen LogP contribution in [0.5, 0.6) is 0 Å². The van der Waals surface area contributed by atoms with Gasteiger partial charge in [0.2, 0.25) is 0 Å². The van der Waals surface area contributed by atoms with Crippen LogP contribution in [0.4, 0.5) is 0 Å². The molecule has 1 saturated heterocycles. The molecule has 1 rings (SSSR count). The van der Waals surface area contributed by atoms with Crippen molar-refractivity contribution >= 4 is 18.6 Å². The Morgan fingerprint density at radius 1 is 1.05 bits per heavy atom. The summed E-state index contributed by atoms with van der Waals surface area (Å²) in [6, 6.07) is 2.24. The molecule has 0 unspecified atom stereocenters. The molecule has 20 heavy (non-hydrogen) atoms. The van der Waals surface area contributed by atoms with Crippen LogP contribution in [-0.4, -0.2) is 51.5 Å². The zero-order valence-corrected chi connectivity index (χ0v) is 15.9. The first kappa shape index (κ1) is 20.2. The van der Waals surface area contributed by atoms with Crippen LogP contribution in [0.3, 0.4) is 0 Å². The number of rotatable bonds is 9. The Morgan fingerprint density at radius 2 is 1.65 bits per heavy atom. The van der Waals surface area contributed by atoms with E-state index >= 15 is 0 Å². The molecule has 0 aliphatic carbocycles. The van der Waals surface area contributed by atoms with Gasteiger partial charge >= 0.3 is 8.80 Å². The van der Waals surface area contributed by atoms with Gasteiger partial charge in [-0.1, -0.05) is 6.42 Å². The van der Waals surface area contributed by atoms with Crippen LogP contribution >= 0.6 is 0 Å². The SMILES string of the molecule is C1CC[SiH2]OC1.CCO[Si](CCCN)(OCC)OCC. The van der Waals surface area contributed by atoms with Crippen molar-refractivity contribution in [3.8, 4) is 0 Å². The lowest BCUT2D eigenvalue weighted by Gasteiger charge is -2.28. The Kier molecular flexibility index (Phi) is 14.3. The van der Waals surface area contributed by atoms with Crippen molar-refractivity contribution < 1.29 is 17.7 Å². The van der Waals surface area contributed by atoms with Crippen molar-refractivity contribution in [2.24, 2.45) is 5.73 Å². The molecule has 1 fully saturated rings. The highest BCUT2D eigenvalue weighted by Crippen LogP contribution is 2.17. The Bertz CT molecular complexity index is 178. The van der Waals surface area contributed by atoms with Crippen LogP contribution < -0.4 is 5.73 Å². The molecule has 0 atom stereocenters. The first-order valence-electron chi connectivity index (χ1n) is 7.94. The number of hydrogen-bond donors (Lipinski definition) is 1. The van der Waals surface area contributed by atoms with Crippen LogP contribution in [0.15, 0.2) is 0 Å². The second-order valence-electron chi connectivity index (χ2n) is 4.55. The molecule has 0 aromatic rings. The van der Waals surface area contributed by atoms with E-state index in [1.165, 1.54) is 18.9 Å². The molecule has 1 heterocycles. The zero-order valence-electron chi connectivity index (χ0n) is 13.5. The van der Waals surface area contributed by atoms with E-state index in [4.69, 9.17) is 23.4 Å². The second-order valence-corrected chi connectivity index (χ2v) is 8.80. The average molecular weight is 324 g/mol. The van der Waals surface area contributed by atoms with Gasteiger partial charge in [0.1, 0.15) is 0 Å². The molecule has 0 spiro atoms. The minimum Gasteiger partial charge on any atom is -0.424 e. The molecular formula is C13H33NO4Si2. The van der Waals surface area contributed by atoms with Gasteiger partial charge in [0, 0.05) is 32.5 Å². The van der Waals surface area contributed by atoms with Crippen LogP contribution in [0.1, 0.15) is 40.0 Å². The van der Waals surface area contributed by atoms with Gasteiger partial charge in [-0.15, -0.1) is 0 Å². The molecule has 1 aliphatic rings. The van der Waals surface area contributed by atoms with Gasteiger partial charge in [0.15, 0.2) is 9.76 Å². The molecule has 0 aromatic carbocycles. The molecule has 0 aromatic heterocycles. The molecule has 2 N–H and O–H groups in total. The first-order chi connectivity index (χ1) is 9.74.